The van der Waals surface area contributed by atoms with Gasteiger partial charge in [-0.1, -0.05) is 6.42 Å². The fourth-order valence-corrected chi connectivity index (χ4v) is 2.48. The summed E-state index contributed by atoms with van der Waals surface area (Å²) < 4.78 is 0. The zero-order chi connectivity index (χ0) is 7.84. The van der Waals surface area contributed by atoms with Crippen LogP contribution in [0.1, 0.15) is 25.7 Å². The van der Waals surface area contributed by atoms with Crippen molar-refractivity contribution in [2.75, 3.05) is 13.6 Å². The van der Waals surface area contributed by atoms with E-state index in [1.165, 1.54) is 12.8 Å². The lowest BCUT2D eigenvalue weighted by molar-refractivity contribution is -0.127. The number of hydrogen-bond donors (Lipinski definition) is 0. The minimum absolute atomic E-state index is 0.397. The summed E-state index contributed by atoms with van der Waals surface area (Å²) in [6, 6.07) is 0.594. The van der Waals surface area contributed by atoms with Crippen molar-refractivity contribution in [2.45, 2.75) is 31.7 Å². The average molecular weight is 153 g/mol. The van der Waals surface area contributed by atoms with Gasteiger partial charge < -0.3 is 4.90 Å². The van der Waals surface area contributed by atoms with E-state index in [0.717, 1.165) is 19.4 Å². The van der Waals surface area contributed by atoms with Crippen LogP contribution in [-0.2, 0) is 4.79 Å². The highest BCUT2D eigenvalue weighted by atomic mass is 16.1. The minimum Gasteiger partial charge on any atom is -0.302 e. The number of hydrogen-bond acceptors (Lipinski definition) is 2. The molecule has 2 unspecified atom stereocenters. The minimum atomic E-state index is 0.397. The molecule has 2 heteroatoms. The molecule has 1 saturated carbocycles. The van der Waals surface area contributed by atoms with Gasteiger partial charge in [0.25, 0.3) is 0 Å². The fraction of sp³-hybridized carbons (Fsp3) is 0.889. The molecule has 0 amide bonds. The van der Waals surface area contributed by atoms with E-state index in [-0.39, 0.29) is 0 Å². The molecular weight excluding hydrogens is 138 g/mol. The topological polar surface area (TPSA) is 20.3 Å². The third kappa shape index (κ3) is 1.09. The zero-order valence-electron chi connectivity index (χ0n) is 7.05. The number of Topliss-reactive ketones (excluding diaryl/α,β-unsaturated/α-hetero) is 1. The van der Waals surface area contributed by atoms with Crippen LogP contribution in [0.3, 0.4) is 0 Å². The van der Waals surface area contributed by atoms with Gasteiger partial charge in [-0.3, -0.25) is 4.79 Å². The van der Waals surface area contributed by atoms with Gasteiger partial charge in [-0.2, -0.15) is 0 Å². The third-order valence-electron chi connectivity index (χ3n) is 3.17. The van der Waals surface area contributed by atoms with E-state index in [0.29, 0.717) is 17.7 Å². The van der Waals surface area contributed by atoms with Gasteiger partial charge in [-0.15, -0.1) is 0 Å². The molecule has 2 atom stereocenters. The quantitative estimate of drug-likeness (QED) is 0.518. The summed E-state index contributed by atoms with van der Waals surface area (Å²) in [6.07, 6.45) is 4.43. The Morgan fingerprint density at radius 3 is 3.00 bits per heavy atom. The fourth-order valence-electron chi connectivity index (χ4n) is 2.48. The standard InChI is InChI=1S/C9H15NO/c1-10-6-5-9(11)7-3-2-4-8(7)10/h7-8H,2-6H2,1H3. The Morgan fingerprint density at radius 2 is 2.27 bits per heavy atom. The summed E-state index contributed by atoms with van der Waals surface area (Å²) >= 11 is 0. The number of nitrogens with zero attached hydrogens (tertiary/aromatic N) is 1. The first-order valence-electron chi connectivity index (χ1n) is 4.52. The molecule has 2 rings (SSSR count). The normalized spacial score (nSPS) is 39.2. The molecule has 0 N–H and O–H groups in total. The Kier molecular flexibility index (Phi) is 1.72. The number of fused-ring (bicyclic) bond motifs is 1. The van der Waals surface area contributed by atoms with Crippen molar-refractivity contribution in [2.24, 2.45) is 5.92 Å². The van der Waals surface area contributed by atoms with Gasteiger partial charge in [0, 0.05) is 24.9 Å². The highest BCUT2D eigenvalue weighted by molar-refractivity contribution is 5.83. The van der Waals surface area contributed by atoms with Crippen LogP contribution < -0.4 is 0 Å². The lowest BCUT2D eigenvalue weighted by Gasteiger charge is -2.33. The predicted molar refractivity (Wildman–Crippen MR) is 43.4 cm³/mol. The highest BCUT2D eigenvalue weighted by Crippen LogP contribution is 2.33. The van der Waals surface area contributed by atoms with E-state index in [1.807, 2.05) is 0 Å². The molecular formula is C9H15NO. The largest absolute Gasteiger partial charge is 0.302 e. The van der Waals surface area contributed by atoms with Crippen LogP contribution in [0.25, 0.3) is 0 Å². The van der Waals surface area contributed by atoms with Gasteiger partial charge in [0.15, 0.2) is 0 Å². The third-order valence-corrected chi connectivity index (χ3v) is 3.17. The predicted octanol–water partition coefficient (Wildman–Crippen LogP) is 1.06. The van der Waals surface area contributed by atoms with Gasteiger partial charge in [-0.05, 0) is 19.9 Å². The highest BCUT2D eigenvalue weighted by Gasteiger charge is 2.38. The monoisotopic (exact) mass is 153 g/mol. The summed E-state index contributed by atoms with van der Waals surface area (Å²) in [7, 11) is 2.15. The smallest absolute Gasteiger partial charge is 0.138 e. The number of rotatable bonds is 0. The second-order valence-electron chi connectivity index (χ2n) is 3.80. The summed E-state index contributed by atoms with van der Waals surface area (Å²) in [5.74, 6) is 0.916. The van der Waals surface area contributed by atoms with Crippen molar-refractivity contribution >= 4 is 5.78 Å². The first-order valence-corrected chi connectivity index (χ1v) is 4.52. The van der Waals surface area contributed by atoms with E-state index in [4.69, 9.17) is 0 Å². The van der Waals surface area contributed by atoms with E-state index in [9.17, 15) is 4.79 Å². The van der Waals surface area contributed by atoms with E-state index in [2.05, 4.69) is 11.9 Å². The number of piperidine rings is 1. The second-order valence-corrected chi connectivity index (χ2v) is 3.80. The summed E-state index contributed by atoms with van der Waals surface area (Å²) in [5.41, 5.74) is 0. The van der Waals surface area contributed by atoms with Crippen LogP contribution in [0.2, 0.25) is 0 Å². The molecule has 1 aliphatic heterocycles. The SMILES string of the molecule is CN1CCC(=O)C2CCCC21. The van der Waals surface area contributed by atoms with E-state index >= 15 is 0 Å². The van der Waals surface area contributed by atoms with Gasteiger partial charge in [0.05, 0.1) is 0 Å². The van der Waals surface area contributed by atoms with Crippen LogP contribution >= 0.6 is 0 Å². The molecule has 0 aromatic carbocycles. The van der Waals surface area contributed by atoms with Gasteiger partial charge in [0.1, 0.15) is 5.78 Å². The van der Waals surface area contributed by atoms with Crippen LogP contribution in [0, 0.1) is 5.92 Å². The molecule has 11 heavy (non-hydrogen) atoms. The average Bonchev–Trinajstić information content (AvgIpc) is 2.45. The Morgan fingerprint density at radius 1 is 1.45 bits per heavy atom. The van der Waals surface area contributed by atoms with Crippen molar-refractivity contribution < 1.29 is 4.79 Å². The van der Waals surface area contributed by atoms with E-state index < -0.39 is 0 Å². The molecule has 0 aromatic rings. The van der Waals surface area contributed by atoms with E-state index in [1.54, 1.807) is 0 Å². The molecule has 2 aliphatic rings. The number of carbonyl (C=O) groups is 1. The summed E-state index contributed by atoms with van der Waals surface area (Å²) in [6.45, 7) is 0.986. The number of likely N-dealkylation sites (tertiary alicyclic amines) is 1. The lowest BCUT2D eigenvalue weighted by atomic mass is 9.91. The first-order chi connectivity index (χ1) is 5.29. The molecule has 1 heterocycles. The number of carbonyl (C=O) groups excluding carboxylic acids is 1. The molecule has 0 aromatic heterocycles. The molecule has 0 radical (unpaired) electrons. The maximum absolute atomic E-state index is 11.4. The molecule has 2 fully saturated rings. The Labute approximate surface area is 67.6 Å². The Balaban J connectivity index is 2.14. The summed E-state index contributed by atoms with van der Waals surface area (Å²) in [5, 5.41) is 0. The molecule has 2 nitrogen and oxygen atoms in total. The van der Waals surface area contributed by atoms with Gasteiger partial charge in [-0.25, -0.2) is 0 Å². The van der Waals surface area contributed by atoms with Crippen LogP contribution in [-0.4, -0.2) is 30.3 Å². The lowest BCUT2D eigenvalue weighted by Crippen LogP contribution is -2.44. The van der Waals surface area contributed by atoms with Crippen molar-refractivity contribution in [1.29, 1.82) is 0 Å². The molecule has 0 bridgehead atoms. The van der Waals surface area contributed by atoms with Crippen molar-refractivity contribution in [3.63, 3.8) is 0 Å². The van der Waals surface area contributed by atoms with Crippen LogP contribution in [0.4, 0.5) is 0 Å². The van der Waals surface area contributed by atoms with Crippen molar-refractivity contribution in [3.05, 3.63) is 0 Å². The van der Waals surface area contributed by atoms with Gasteiger partial charge in [0.2, 0.25) is 0 Å². The maximum Gasteiger partial charge on any atom is 0.138 e. The Hall–Kier alpha value is -0.370. The molecule has 1 saturated heterocycles. The Bertz CT molecular complexity index is 178. The van der Waals surface area contributed by atoms with Crippen molar-refractivity contribution in [3.8, 4) is 0 Å². The van der Waals surface area contributed by atoms with Gasteiger partial charge >= 0.3 is 0 Å². The second kappa shape index (κ2) is 2.59. The molecule has 1 aliphatic carbocycles. The summed E-state index contributed by atoms with van der Waals surface area (Å²) in [4.78, 5) is 13.8. The zero-order valence-corrected chi connectivity index (χ0v) is 7.05. The first kappa shape index (κ1) is 7.29. The maximum atomic E-state index is 11.4. The molecule has 62 valence electrons. The van der Waals surface area contributed by atoms with Crippen molar-refractivity contribution in [1.82, 2.24) is 4.90 Å². The molecule has 0 spiro atoms. The number of ketones is 1. The van der Waals surface area contributed by atoms with Crippen LogP contribution in [0.5, 0.6) is 0 Å². The van der Waals surface area contributed by atoms with Crippen LogP contribution in [0.15, 0.2) is 0 Å².